The van der Waals surface area contributed by atoms with E-state index in [1.165, 1.54) is 5.56 Å². The lowest BCUT2D eigenvalue weighted by Gasteiger charge is -2.27. The summed E-state index contributed by atoms with van der Waals surface area (Å²) in [4.78, 5) is 0. The predicted octanol–water partition coefficient (Wildman–Crippen LogP) is 1.95. The molecule has 0 aliphatic carbocycles. The van der Waals surface area contributed by atoms with Crippen LogP contribution in [-0.2, 0) is 6.54 Å². The van der Waals surface area contributed by atoms with E-state index in [0.29, 0.717) is 0 Å². The lowest BCUT2D eigenvalue weighted by atomic mass is 10.00. The van der Waals surface area contributed by atoms with Crippen LogP contribution >= 0.6 is 0 Å². The van der Waals surface area contributed by atoms with Gasteiger partial charge in [-0.2, -0.15) is 0 Å². The Morgan fingerprint density at radius 1 is 1.31 bits per heavy atom. The van der Waals surface area contributed by atoms with E-state index in [2.05, 4.69) is 12.2 Å². The minimum atomic E-state index is -0.195. The lowest BCUT2D eigenvalue weighted by Crippen LogP contribution is -2.44. The molecule has 0 bridgehead atoms. The van der Waals surface area contributed by atoms with E-state index in [9.17, 15) is 5.11 Å². The normalized spacial score (nSPS) is 14.5. The molecule has 0 fully saturated rings. The topological polar surface area (TPSA) is 41.5 Å². The van der Waals surface area contributed by atoms with E-state index in [1.807, 2.05) is 31.2 Å². The molecule has 0 radical (unpaired) electrons. The van der Waals surface area contributed by atoms with E-state index in [-0.39, 0.29) is 12.1 Å². The zero-order valence-corrected chi connectivity index (χ0v) is 10.3. The maximum absolute atomic E-state index is 9.26. The van der Waals surface area contributed by atoms with E-state index in [1.54, 1.807) is 7.11 Å². The second-order valence-electron chi connectivity index (χ2n) is 4.27. The average molecular weight is 223 g/mol. The largest absolute Gasteiger partial charge is 0.497 e. The van der Waals surface area contributed by atoms with E-state index in [4.69, 9.17) is 4.74 Å². The predicted molar refractivity (Wildman–Crippen MR) is 65.6 cm³/mol. The number of aliphatic hydroxyl groups is 1. The Hall–Kier alpha value is -1.06. The minimum Gasteiger partial charge on any atom is -0.497 e. The van der Waals surface area contributed by atoms with Gasteiger partial charge in [0.15, 0.2) is 0 Å². The molecule has 0 heterocycles. The zero-order valence-electron chi connectivity index (χ0n) is 10.3. The van der Waals surface area contributed by atoms with E-state index >= 15 is 0 Å². The lowest BCUT2D eigenvalue weighted by molar-refractivity contribution is 0.169. The summed E-state index contributed by atoms with van der Waals surface area (Å²) in [5.41, 5.74) is 0.994. The molecular formula is C13H21NO2. The highest BCUT2D eigenvalue weighted by molar-refractivity contribution is 5.27. The molecule has 0 saturated heterocycles. The fraction of sp³-hybridized carbons (Fsp3) is 0.538. The van der Waals surface area contributed by atoms with Crippen LogP contribution in [0.4, 0.5) is 0 Å². The molecule has 0 saturated carbocycles. The van der Waals surface area contributed by atoms with Crippen molar-refractivity contribution in [3.05, 3.63) is 29.8 Å². The third kappa shape index (κ3) is 3.51. The highest BCUT2D eigenvalue weighted by Gasteiger charge is 2.19. The van der Waals surface area contributed by atoms with Gasteiger partial charge in [0.1, 0.15) is 5.75 Å². The van der Waals surface area contributed by atoms with Crippen molar-refractivity contribution in [2.45, 2.75) is 32.4 Å². The Bertz CT molecular complexity index is 304. The van der Waals surface area contributed by atoms with E-state index < -0.39 is 0 Å². The molecule has 3 heteroatoms. The number of hydrogen-bond acceptors (Lipinski definition) is 3. The Morgan fingerprint density at radius 2 is 1.94 bits per heavy atom. The van der Waals surface area contributed by atoms with E-state index in [0.717, 1.165) is 18.7 Å². The van der Waals surface area contributed by atoms with Gasteiger partial charge >= 0.3 is 0 Å². The maximum atomic E-state index is 9.26. The van der Waals surface area contributed by atoms with Crippen molar-refractivity contribution in [2.24, 2.45) is 0 Å². The van der Waals surface area contributed by atoms with Crippen LogP contribution in [-0.4, -0.2) is 24.4 Å². The van der Waals surface area contributed by atoms with Gasteiger partial charge in [-0.15, -0.1) is 0 Å². The van der Waals surface area contributed by atoms with Gasteiger partial charge in [-0.3, -0.25) is 0 Å². The average Bonchev–Trinajstić information content (AvgIpc) is 2.36. The molecule has 1 aromatic rings. The van der Waals surface area contributed by atoms with Gasteiger partial charge in [-0.1, -0.05) is 19.1 Å². The Morgan fingerprint density at radius 3 is 2.38 bits per heavy atom. The van der Waals surface area contributed by atoms with Crippen molar-refractivity contribution in [1.29, 1.82) is 0 Å². The summed E-state index contributed by atoms with van der Waals surface area (Å²) in [5.74, 6) is 0.865. The van der Waals surface area contributed by atoms with Crippen molar-refractivity contribution in [3.63, 3.8) is 0 Å². The van der Waals surface area contributed by atoms with Crippen LogP contribution in [0.25, 0.3) is 0 Å². The van der Waals surface area contributed by atoms with Crippen molar-refractivity contribution in [3.8, 4) is 5.75 Å². The summed E-state index contributed by atoms with van der Waals surface area (Å²) in [7, 11) is 1.66. The monoisotopic (exact) mass is 223 g/mol. The highest BCUT2D eigenvalue weighted by atomic mass is 16.5. The van der Waals surface area contributed by atoms with Gasteiger partial charge in [0.2, 0.25) is 0 Å². The first-order chi connectivity index (χ1) is 7.63. The Kier molecular flexibility index (Phi) is 4.77. The molecule has 16 heavy (non-hydrogen) atoms. The number of ether oxygens (including phenoxy) is 1. The first-order valence-electron chi connectivity index (χ1n) is 5.62. The molecule has 1 rings (SSSR count). The van der Waals surface area contributed by atoms with Gasteiger partial charge in [0.05, 0.1) is 13.7 Å². The number of rotatable bonds is 6. The zero-order chi connectivity index (χ0) is 12.0. The summed E-state index contributed by atoms with van der Waals surface area (Å²) in [5, 5.41) is 12.6. The van der Waals surface area contributed by atoms with Crippen molar-refractivity contribution >= 4 is 0 Å². The minimum absolute atomic E-state index is 0.152. The molecule has 2 N–H and O–H groups in total. The van der Waals surface area contributed by atoms with Gasteiger partial charge in [0, 0.05) is 12.1 Å². The molecular weight excluding hydrogens is 202 g/mol. The smallest absolute Gasteiger partial charge is 0.118 e. The molecule has 0 aliphatic rings. The quantitative estimate of drug-likeness (QED) is 0.774. The third-order valence-electron chi connectivity index (χ3n) is 3.01. The molecule has 0 aromatic heterocycles. The molecule has 1 aromatic carbocycles. The molecule has 3 nitrogen and oxygen atoms in total. The summed E-state index contributed by atoms with van der Waals surface area (Å²) >= 11 is 0. The third-order valence-corrected chi connectivity index (χ3v) is 3.01. The number of aliphatic hydroxyl groups excluding tert-OH is 1. The second kappa shape index (κ2) is 5.87. The molecule has 0 amide bonds. The second-order valence-corrected chi connectivity index (χ2v) is 4.27. The van der Waals surface area contributed by atoms with Crippen molar-refractivity contribution < 1.29 is 9.84 Å². The molecule has 1 atom stereocenters. The highest BCUT2D eigenvalue weighted by Crippen LogP contribution is 2.13. The van der Waals surface area contributed by atoms with Crippen LogP contribution in [0.3, 0.4) is 0 Å². The van der Waals surface area contributed by atoms with Gasteiger partial charge in [-0.05, 0) is 31.0 Å². The fourth-order valence-corrected chi connectivity index (χ4v) is 1.35. The first kappa shape index (κ1) is 13.0. The summed E-state index contributed by atoms with van der Waals surface area (Å²) in [6.45, 7) is 5.00. The Labute approximate surface area is 97.4 Å². The number of nitrogens with one attached hydrogen (secondary N) is 1. The fourth-order valence-electron chi connectivity index (χ4n) is 1.35. The standard InChI is InChI=1S/C13H21NO2/c1-4-13(2,10-15)14-9-11-5-7-12(16-3)8-6-11/h5-8,14-15H,4,9-10H2,1-3H3. The first-order valence-corrected chi connectivity index (χ1v) is 5.62. The summed E-state index contributed by atoms with van der Waals surface area (Å²) < 4.78 is 5.10. The summed E-state index contributed by atoms with van der Waals surface area (Å²) in [6, 6.07) is 7.94. The number of methoxy groups -OCH3 is 1. The van der Waals surface area contributed by atoms with Gasteiger partial charge in [-0.25, -0.2) is 0 Å². The van der Waals surface area contributed by atoms with Crippen LogP contribution in [0.2, 0.25) is 0 Å². The van der Waals surface area contributed by atoms with Crippen molar-refractivity contribution in [1.82, 2.24) is 5.32 Å². The van der Waals surface area contributed by atoms with Crippen LogP contribution in [0.5, 0.6) is 5.75 Å². The Balaban J connectivity index is 2.54. The summed E-state index contributed by atoms with van der Waals surface area (Å²) in [6.07, 6.45) is 0.902. The number of benzene rings is 1. The molecule has 0 aliphatic heterocycles. The number of hydrogen-bond donors (Lipinski definition) is 2. The molecule has 0 spiro atoms. The molecule has 90 valence electrons. The van der Waals surface area contributed by atoms with Crippen molar-refractivity contribution in [2.75, 3.05) is 13.7 Å². The van der Waals surface area contributed by atoms with Crippen LogP contribution in [0.1, 0.15) is 25.8 Å². The SMILES string of the molecule is CCC(C)(CO)NCc1ccc(OC)cc1. The van der Waals surface area contributed by atoms with Crippen LogP contribution in [0, 0.1) is 0 Å². The van der Waals surface area contributed by atoms with Gasteiger partial charge in [0.25, 0.3) is 0 Å². The van der Waals surface area contributed by atoms with Crippen LogP contribution < -0.4 is 10.1 Å². The van der Waals surface area contributed by atoms with Crippen LogP contribution in [0.15, 0.2) is 24.3 Å². The maximum Gasteiger partial charge on any atom is 0.118 e. The molecule has 1 unspecified atom stereocenters. The van der Waals surface area contributed by atoms with Gasteiger partial charge < -0.3 is 15.2 Å².